The van der Waals surface area contributed by atoms with Gasteiger partial charge in [-0.25, -0.2) is 4.58 Å². The van der Waals surface area contributed by atoms with E-state index in [0.717, 1.165) is 5.56 Å². The van der Waals surface area contributed by atoms with Crippen molar-refractivity contribution in [3.63, 3.8) is 0 Å². The van der Waals surface area contributed by atoms with Gasteiger partial charge in [-0.15, -0.1) is 0 Å². The van der Waals surface area contributed by atoms with Crippen LogP contribution in [-0.2, 0) is 19.0 Å². The molecule has 0 amide bonds. The van der Waals surface area contributed by atoms with Crippen molar-refractivity contribution in [2.24, 2.45) is 0 Å². The molecule has 154 valence electrons. The molecule has 0 atom stereocenters. The molecule has 0 unspecified atom stereocenters. The number of alkyl halides is 3. The quantitative estimate of drug-likeness (QED) is 0.318. The van der Waals surface area contributed by atoms with Crippen molar-refractivity contribution in [3.05, 3.63) is 77.9 Å². The molecule has 3 rings (SSSR count). The van der Waals surface area contributed by atoms with E-state index in [9.17, 15) is 21.6 Å². The average molecular weight is 426 g/mol. The Morgan fingerprint density at radius 3 is 1.97 bits per heavy atom. The number of nitrogens with zero attached hydrogens (tertiary/aromatic N) is 1. The van der Waals surface area contributed by atoms with Crippen molar-refractivity contribution in [1.29, 1.82) is 0 Å². The minimum Gasteiger partial charge on any atom is -0.375 e. The van der Waals surface area contributed by atoms with Gasteiger partial charge in [0.05, 0.1) is 6.08 Å². The first-order chi connectivity index (χ1) is 13.8. The fourth-order valence-corrected chi connectivity index (χ4v) is 3.29. The predicted molar refractivity (Wildman–Crippen MR) is 102 cm³/mol. The number of morpholine rings is 1. The summed E-state index contributed by atoms with van der Waals surface area (Å²) in [7, 11) is -5.83. The summed E-state index contributed by atoms with van der Waals surface area (Å²) in [5, 5.41) is 0. The van der Waals surface area contributed by atoms with Gasteiger partial charge in [-0.3, -0.25) is 0 Å². The molecule has 0 radical (unpaired) electrons. The SMILES string of the molecule is O=S(=O)(O/C(=C/C(c1ccccc1)=[N+]1CCOCC1)c1ccccc1)C(F)(F)F. The van der Waals surface area contributed by atoms with E-state index < -0.39 is 21.4 Å². The number of hydrogen-bond acceptors (Lipinski definition) is 4. The molecular formula is C20H19F3NO4S+. The van der Waals surface area contributed by atoms with Crippen molar-refractivity contribution in [3.8, 4) is 0 Å². The Kier molecular flexibility index (Phi) is 6.39. The van der Waals surface area contributed by atoms with Crippen molar-refractivity contribution >= 4 is 21.6 Å². The number of ether oxygens (including phenoxy) is 1. The minimum atomic E-state index is -5.83. The maximum Gasteiger partial charge on any atom is 0.534 e. The molecule has 9 heteroatoms. The third kappa shape index (κ3) is 5.24. The number of rotatable bonds is 5. The molecule has 1 heterocycles. The van der Waals surface area contributed by atoms with Gasteiger partial charge in [0, 0.05) is 11.1 Å². The molecule has 0 spiro atoms. The highest BCUT2D eigenvalue weighted by molar-refractivity contribution is 7.87. The van der Waals surface area contributed by atoms with Crippen LogP contribution in [0.2, 0.25) is 0 Å². The van der Waals surface area contributed by atoms with E-state index in [4.69, 9.17) is 4.74 Å². The lowest BCUT2D eigenvalue weighted by molar-refractivity contribution is -0.548. The van der Waals surface area contributed by atoms with Crippen LogP contribution in [0.4, 0.5) is 13.2 Å². The van der Waals surface area contributed by atoms with E-state index in [1.165, 1.54) is 18.2 Å². The average Bonchev–Trinajstić information content (AvgIpc) is 2.72. The number of hydrogen-bond donors (Lipinski definition) is 0. The van der Waals surface area contributed by atoms with Crippen LogP contribution in [0.15, 0.2) is 66.7 Å². The highest BCUT2D eigenvalue weighted by Gasteiger charge is 2.49. The largest absolute Gasteiger partial charge is 0.534 e. The van der Waals surface area contributed by atoms with E-state index in [1.807, 2.05) is 10.6 Å². The fourth-order valence-electron chi connectivity index (χ4n) is 2.82. The summed E-state index contributed by atoms with van der Waals surface area (Å²) < 4.78 is 74.1. The Balaban J connectivity index is 2.16. The standard InChI is InChI=1S/C20H19F3NO4S/c21-20(22,23)29(25,26)28-19(17-9-5-2-6-10-17)15-18(16-7-3-1-4-8-16)24-11-13-27-14-12-24/h1-10,15H,11-14H2/q+1/b19-15+. The highest BCUT2D eigenvalue weighted by atomic mass is 32.2. The smallest absolute Gasteiger partial charge is 0.375 e. The van der Waals surface area contributed by atoms with E-state index in [0.29, 0.717) is 32.0 Å². The zero-order chi connectivity index (χ0) is 20.9. The number of benzene rings is 2. The first-order valence-corrected chi connectivity index (χ1v) is 10.2. The summed E-state index contributed by atoms with van der Waals surface area (Å²) in [6.45, 7) is 1.92. The van der Waals surface area contributed by atoms with Gasteiger partial charge in [-0.05, 0) is 12.1 Å². The van der Waals surface area contributed by atoms with Crippen LogP contribution in [0, 0.1) is 0 Å². The van der Waals surface area contributed by atoms with Crippen molar-refractivity contribution in [2.45, 2.75) is 5.51 Å². The monoisotopic (exact) mass is 426 g/mol. The molecule has 1 aliphatic rings. The third-order valence-electron chi connectivity index (χ3n) is 4.23. The summed E-state index contributed by atoms with van der Waals surface area (Å²) in [5.74, 6) is -0.409. The van der Waals surface area contributed by atoms with E-state index in [1.54, 1.807) is 42.5 Å². The molecule has 2 aromatic carbocycles. The molecular weight excluding hydrogens is 407 g/mol. The van der Waals surface area contributed by atoms with Crippen LogP contribution in [0.1, 0.15) is 11.1 Å². The second-order valence-corrected chi connectivity index (χ2v) is 7.75. The zero-order valence-electron chi connectivity index (χ0n) is 15.3. The van der Waals surface area contributed by atoms with E-state index in [2.05, 4.69) is 4.18 Å². The van der Waals surface area contributed by atoms with Crippen LogP contribution in [0.5, 0.6) is 0 Å². The van der Waals surface area contributed by atoms with Gasteiger partial charge < -0.3 is 8.92 Å². The Morgan fingerprint density at radius 2 is 1.45 bits per heavy atom. The molecule has 1 saturated heterocycles. The molecule has 29 heavy (non-hydrogen) atoms. The molecule has 2 aromatic rings. The molecule has 0 saturated carbocycles. The summed E-state index contributed by atoms with van der Waals surface area (Å²) in [6, 6.07) is 16.8. The van der Waals surface area contributed by atoms with Crippen LogP contribution in [-0.4, -0.2) is 50.5 Å². The first-order valence-electron chi connectivity index (χ1n) is 8.81. The second-order valence-electron chi connectivity index (χ2n) is 6.21. The lowest BCUT2D eigenvalue weighted by atomic mass is 10.1. The van der Waals surface area contributed by atoms with Gasteiger partial charge in [-0.2, -0.15) is 21.6 Å². The summed E-state index contributed by atoms with van der Waals surface area (Å²) in [5.41, 5.74) is -4.06. The lowest BCUT2D eigenvalue weighted by Crippen LogP contribution is -2.33. The molecule has 0 aromatic heterocycles. The molecule has 1 aliphatic heterocycles. The zero-order valence-corrected chi connectivity index (χ0v) is 16.1. The lowest BCUT2D eigenvalue weighted by Gasteiger charge is -2.16. The first kappa shape index (κ1) is 21.1. The van der Waals surface area contributed by atoms with Gasteiger partial charge in [0.2, 0.25) is 5.71 Å². The Hall–Kier alpha value is -2.65. The van der Waals surface area contributed by atoms with Gasteiger partial charge in [0.15, 0.2) is 18.8 Å². The van der Waals surface area contributed by atoms with Crippen molar-refractivity contribution in [2.75, 3.05) is 26.3 Å². The van der Waals surface area contributed by atoms with E-state index >= 15 is 0 Å². The Labute approximate surface area is 166 Å². The molecule has 0 N–H and O–H groups in total. The summed E-state index contributed by atoms with van der Waals surface area (Å²) in [6.07, 6.45) is 1.33. The summed E-state index contributed by atoms with van der Waals surface area (Å²) >= 11 is 0. The van der Waals surface area contributed by atoms with Crippen LogP contribution in [0.25, 0.3) is 5.76 Å². The highest BCUT2D eigenvalue weighted by Crippen LogP contribution is 2.30. The summed E-state index contributed by atoms with van der Waals surface area (Å²) in [4.78, 5) is 0. The van der Waals surface area contributed by atoms with E-state index in [-0.39, 0.29) is 5.56 Å². The van der Waals surface area contributed by atoms with Gasteiger partial charge in [0.1, 0.15) is 13.2 Å². The molecule has 5 nitrogen and oxygen atoms in total. The number of halogens is 3. The third-order valence-corrected chi connectivity index (χ3v) is 5.20. The minimum absolute atomic E-state index is 0.210. The fraction of sp³-hybridized carbons (Fsp3) is 0.250. The van der Waals surface area contributed by atoms with Gasteiger partial charge in [-0.1, -0.05) is 48.5 Å². The van der Waals surface area contributed by atoms with Crippen LogP contribution in [0.3, 0.4) is 0 Å². The molecule has 0 bridgehead atoms. The van der Waals surface area contributed by atoms with Crippen LogP contribution < -0.4 is 0 Å². The maximum atomic E-state index is 13.0. The van der Waals surface area contributed by atoms with Crippen molar-refractivity contribution in [1.82, 2.24) is 0 Å². The molecule has 0 aliphatic carbocycles. The predicted octanol–water partition coefficient (Wildman–Crippen LogP) is 3.43. The van der Waals surface area contributed by atoms with Gasteiger partial charge in [0.25, 0.3) is 0 Å². The van der Waals surface area contributed by atoms with Gasteiger partial charge >= 0.3 is 15.6 Å². The second kappa shape index (κ2) is 8.79. The molecule has 1 fully saturated rings. The topological polar surface area (TPSA) is 55.6 Å². The van der Waals surface area contributed by atoms with Crippen molar-refractivity contribution < 1.29 is 35.1 Å². The maximum absolute atomic E-state index is 13.0. The van der Waals surface area contributed by atoms with Crippen LogP contribution >= 0.6 is 0 Å². The Morgan fingerprint density at radius 1 is 0.931 bits per heavy atom. The Bertz CT molecular complexity index is 993. The normalized spacial score (nSPS) is 15.8. The number of allylic oxidation sites excluding steroid dienone is 1.